The molecular formula is C12H22O9. The van der Waals surface area contributed by atoms with E-state index in [-0.39, 0.29) is 0 Å². The van der Waals surface area contributed by atoms with Gasteiger partial charge in [-0.3, -0.25) is 0 Å². The lowest BCUT2D eigenvalue weighted by atomic mass is 9.97. The van der Waals surface area contributed by atoms with Crippen LogP contribution in [0.4, 0.5) is 0 Å². The molecule has 0 aromatic rings. The van der Waals surface area contributed by atoms with Crippen LogP contribution in [0.15, 0.2) is 0 Å². The highest BCUT2D eigenvalue weighted by molar-refractivity contribution is 4.92. The average molecular weight is 310 g/mol. The minimum absolute atomic E-state index is 0.804. The third kappa shape index (κ3) is 3.21. The molecule has 0 aromatic carbocycles. The molecule has 2 aliphatic heterocycles. The van der Waals surface area contributed by atoms with Gasteiger partial charge >= 0.3 is 0 Å². The minimum atomic E-state index is -1.56. The fourth-order valence-corrected chi connectivity index (χ4v) is 2.45. The Morgan fingerprint density at radius 3 is 1.86 bits per heavy atom. The summed E-state index contributed by atoms with van der Waals surface area (Å²) in [5, 5.41) is 58.4. The molecule has 0 amide bonds. The third-order valence-corrected chi connectivity index (χ3v) is 3.90. The first-order valence-corrected chi connectivity index (χ1v) is 6.78. The summed E-state index contributed by atoms with van der Waals surface area (Å²) < 4.78 is 15.4. The van der Waals surface area contributed by atoms with E-state index in [9.17, 15) is 30.6 Å². The van der Waals surface area contributed by atoms with Gasteiger partial charge in [-0.15, -0.1) is 0 Å². The highest BCUT2D eigenvalue weighted by Crippen LogP contribution is 2.28. The average Bonchev–Trinajstić information content (AvgIpc) is 2.44. The number of aliphatic hydroxyl groups excluding tert-OH is 6. The summed E-state index contributed by atoms with van der Waals surface area (Å²) in [6.45, 7) is 2.96. The Morgan fingerprint density at radius 2 is 1.24 bits per heavy atom. The molecule has 2 saturated heterocycles. The van der Waals surface area contributed by atoms with Crippen LogP contribution >= 0.6 is 0 Å². The monoisotopic (exact) mass is 310 g/mol. The maximum atomic E-state index is 9.96. The Morgan fingerprint density at radius 1 is 0.667 bits per heavy atom. The van der Waals surface area contributed by atoms with Crippen LogP contribution in [0.25, 0.3) is 0 Å². The zero-order valence-corrected chi connectivity index (χ0v) is 11.7. The fourth-order valence-electron chi connectivity index (χ4n) is 2.45. The molecule has 1 unspecified atom stereocenters. The van der Waals surface area contributed by atoms with Gasteiger partial charge in [0.25, 0.3) is 0 Å². The van der Waals surface area contributed by atoms with Gasteiger partial charge in [-0.25, -0.2) is 0 Å². The van der Waals surface area contributed by atoms with Crippen LogP contribution in [0.5, 0.6) is 0 Å². The summed E-state index contributed by atoms with van der Waals surface area (Å²) in [6, 6.07) is 0. The van der Waals surface area contributed by atoms with Crippen LogP contribution in [0, 0.1) is 0 Å². The molecule has 0 radical (unpaired) electrons. The second kappa shape index (κ2) is 6.41. The van der Waals surface area contributed by atoms with Crippen molar-refractivity contribution in [2.75, 3.05) is 0 Å². The summed E-state index contributed by atoms with van der Waals surface area (Å²) in [5.41, 5.74) is 0. The van der Waals surface area contributed by atoms with Crippen molar-refractivity contribution >= 4 is 0 Å². The van der Waals surface area contributed by atoms with Gasteiger partial charge < -0.3 is 44.8 Å². The quantitative estimate of drug-likeness (QED) is 0.308. The predicted molar refractivity (Wildman–Crippen MR) is 65.8 cm³/mol. The highest BCUT2D eigenvalue weighted by Gasteiger charge is 2.48. The molecule has 124 valence electrons. The van der Waals surface area contributed by atoms with Crippen molar-refractivity contribution < 1.29 is 44.8 Å². The largest absolute Gasteiger partial charge is 0.388 e. The first kappa shape index (κ1) is 17.0. The number of ether oxygens (including phenoxy) is 3. The number of hydrogen-bond acceptors (Lipinski definition) is 9. The second-order valence-corrected chi connectivity index (χ2v) is 5.50. The molecule has 21 heavy (non-hydrogen) atoms. The van der Waals surface area contributed by atoms with Gasteiger partial charge in [-0.05, 0) is 13.8 Å². The molecule has 2 heterocycles. The molecule has 0 bridgehead atoms. The Balaban J connectivity index is 2.08. The molecular weight excluding hydrogens is 288 g/mol. The summed E-state index contributed by atoms with van der Waals surface area (Å²) >= 11 is 0. The predicted octanol–water partition coefficient (Wildman–Crippen LogP) is -3.34. The summed E-state index contributed by atoms with van der Waals surface area (Å²) in [5.74, 6) is 0. The van der Waals surface area contributed by atoms with Gasteiger partial charge in [0.1, 0.15) is 36.6 Å². The summed E-state index contributed by atoms with van der Waals surface area (Å²) in [7, 11) is 0. The molecule has 2 fully saturated rings. The number of aliphatic hydroxyl groups is 6. The summed E-state index contributed by atoms with van der Waals surface area (Å²) in [4.78, 5) is 0. The fraction of sp³-hybridized carbons (Fsp3) is 1.00. The minimum Gasteiger partial charge on any atom is -0.388 e. The van der Waals surface area contributed by atoms with Crippen LogP contribution in [0.1, 0.15) is 13.8 Å². The number of rotatable bonds is 2. The molecule has 10 atom stereocenters. The van der Waals surface area contributed by atoms with E-state index in [0.717, 1.165) is 0 Å². The third-order valence-electron chi connectivity index (χ3n) is 3.90. The van der Waals surface area contributed by atoms with E-state index in [1.54, 1.807) is 0 Å². The van der Waals surface area contributed by atoms with Crippen LogP contribution < -0.4 is 0 Å². The topological polar surface area (TPSA) is 149 Å². The van der Waals surface area contributed by atoms with E-state index in [2.05, 4.69) is 0 Å². The van der Waals surface area contributed by atoms with Crippen molar-refractivity contribution in [2.45, 2.75) is 75.3 Å². The van der Waals surface area contributed by atoms with Crippen LogP contribution in [-0.4, -0.2) is 92.1 Å². The van der Waals surface area contributed by atoms with E-state index in [0.29, 0.717) is 0 Å². The number of hydrogen-bond donors (Lipinski definition) is 6. The van der Waals surface area contributed by atoms with Gasteiger partial charge in [0.15, 0.2) is 12.6 Å². The first-order chi connectivity index (χ1) is 9.73. The van der Waals surface area contributed by atoms with E-state index >= 15 is 0 Å². The van der Waals surface area contributed by atoms with Crippen LogP contribution in [-0.2, 0) is 14.2 Å². The van der Waals surface area contributed by atoms with E-state index in [1.807, 2.05) is 0 Å². The zero-order valence-electron chi connectivity index (χ0n) is 11.7. The Kier molecular flexibility index (Phi) is 5.19. The van der Waals surface area contributed by atoms with Crippen LogP contribution in [0.2, 0.25) is 0 Å². The van der Waals surface area contributed by atoms with Gasteiger partial charge in [0.05, 0.1) is 12.2 Å². The van der Waals surface area contributed by atoms with Crippen molar-refractivity contribution in [1.29, 1.82) is 0 Å². The first-order valence-electron chi connectivity index (χ1n) is 6.78. The smallest absolute Gasteiger partial charge is 0.187 e. The van der Waals surface area contributed by atoms with Crippen molar-refractivity contribution in [1.82, 2.24) is 0 Å². The Bertz CT molecular complexity index is 340. The van der Waals surface area contributed by atoms with Gasteiger partial charge in [-0.1, -0.05) is 0 Å². The normalized spacial score (nSPS) is 55.4. The molecule has 9 heteroatoms. The lowest BCUT2D eigenvalue weighted by Crippen LogP contribution is -2.63. The molecule has 2 aliphatic rings. The Labute approximate surface area is 121 Å². The molecule has 6 N–H and O–H groups in total. The standard InChI is InChI=1S/C12H22O9/c1-3-5(13)7(15)8(16)12(20-3)21-10-6(14)4(2)19-11(18)9(10)17/h3-18H,1-2H3/t3-,4-,5+,6-,7+,8-,9+,10+,11?,12+/m0/s1. The molecule has 9 nitrogen and oxygen atoms in total. The Hall–Kier alpha value is -0.360. The van der Waals surface area contributed by atoms with E-state index in [4.69, 9.17) is 14.2 Å². The van der Waals surface area contributed by atoms with Crippen molar-refractivity contribution in [2.24, 2.45) is 0 Å². The van der Waals surface area contributed by atoms with Crippen molar-refractivity contribution in [3.05, 3.63) is 0 Å². The van der Waals surface area contributed by atoms with Gasteiger partial charge in [0.2, 0.25) is 0 Å². The SMILES string of the molecule is C[C@@H]1OC(O)[C@H](O)[C@H](O[C@H]2O[C@@H](C)[C@@H](O)[C@@H](O)[C@@H]2O)[C@H]1O. The van der Waals surface area contributed by atoms with Crippen LogP contribution in [0.3, 0.4) is 0 Å². The van der Waals surface area contributed by atoms with Crippen molar-refractivity contribution in [3.63, 3.8) is 0 Å². The van der Waals surface area contributed by atoms with E-state index < -0.39 is 61.4 Å². The molecule has 0 aliphatic carbocycles. The maximum absolute atomic E-state index is 9.96. The van der Waals surface area contributed by atoms with Crippen molar-refractivity contribution in [3.8, 4) is 0 Å². The summed E-state index contributed by atoms with van der Waals surface area (Å²) in [6.07, 6.45) is -13.0. The molecule has 0 aromatic heterocycles. The van der Waals surface area contributed by atoms with Gasteiger partial charge in [0, 0.05) is 0 Å². The zero-order chi connectivity index (χ0) is 15.9. The lowest BCUT2D eigenvalue weighted by Gasteiger charge is -2.44. The maximum Gasteiger partial charge on any atom is 0.187 e. The molecule has 0 saturated carbocycles. The van der Waals surface area contributed by atoms with E-state index in [1.165, 1.54) is 13.8 Å². The second-order valence-electron chi connectivity index (χ2n) is 5.50. The van der Waals surface area contributed by atoms with Gasteiger partial charge in [-0.2, -0.15) is 0 Å². The lowest BCUT2D eigenvalue weighted by molar-refractivity contribution is -0.349. The molecule has 2 rings (SSSR count). The highest BCUT2D eigenvalue weighted by atomic mass is 16.7. The molecule has 0 spiro atoms.